The van der Waals surface area contributed by atoms with Crippen LogP contribution in [-0.2, 0) is 0 Å². The number of thiocarbonyl (C=S) groups is 1. The number of nitrogens with one attached hydrogen (secondary N) is 2. The molecule has 0 heterocycles. The highest BCUT2D eigenvalue weighted by atomic mass is 32.1. The fraction of sp³-hybridized carbons (Fsp3) is 0.556. The molecule has 4 saturated carbocycles. The second kappa shape index (κ2) is 6.68. The minimum absolute atomic E-state index is 0.0844. The predicted octanol–water partition coefficient (Wildman–Crippen LogP) is 4.15. The number of hydrogen-bond acceptors (Lipinski definition) is 2. The van der Waals surface area contributed by atoms with Crippen LogP contribution in [0.2, 0.25) is 0 Å². The minimum Gasteiger partial charge on any atom is -0.356 e. The maximum absolute atomic E-state index is 13.6. The SMILES string of the molecule is Fc1c(F)c(F)c(/C=N/NC(=S)NC23CC4CC(CC(C4)C2)C3)c(F)c1F. The van der Waals surface area contributed by atoms with Crippen LogP contribution in [0.15, 0.2) is 5.10 Å². The Labute approximate surface area is 158 Å². The minimum atomic E-state index is -2.20. The van der Waals surface area contributed by atoms with Crippen molar-refractivity contribution in [2.45, 2.75) is 44.1 Å². The summed E-state index contributed by atoms with van der Waals surface area (Å²) in [7, 11) is 0. The van der Waals surface area contributed by atoms with Gasteiger partial charge in [-0.25, -0.2) is 22.0 Å². The molecule has 0 amide bonds. The average molecular weight is 403 g/mol. The van der Waals surface area contributed by atoms with Crippen molar-refractivity contribution in [1.82, 2.24) is 10.7 Å². The zero-order valence-electron chi connectivity index (χ0n) is 14.3. The van der Waals surface area contributed by atoms with Crippen LogP contribution in [0, 0.1) is 46.8 Å². The van der Waals surface area contributed by atoms with E-state index in [4.69, 9.17) is 12.2 Å². The van der Waals surface area contributed by atoms with Crippen molar-refractivity contribution in [3.05, 3.63) is 34.6 Å². The number of nitrogens with zero attached hydrogens (tertiary/aromatic N) is 1. The standard InChI is InChI=1S/C18H18F5N3S/c19-12-11(13(20)15(22)16(23)14(12)21)7-24-26-17(27)25-18-4-8-1-9(5-18)3-10(2-8)6-18/h7-10H,1-6H2,(H2,25,26,27)/b24-7+. The van der Waals surface area contributed by atoms with Gasteiger partial charge in [0.05, 0.1) is 11.8 Å². The Bertz CT molecular complexity index is 761. The molecule has 0 spiro atoms. The van der Waals surface area contributed by atoms with Crippen LogP contribution in [0.5, 0.6) is 0 Å². The lowest BCUT2D eigenvalue weighted by Crippen LogP contribution is -2.61. The van der Waals surface area contributed by atoms with Gasteiger partial charge in [-0.3, -0.25) is 5.43 Å². The molecule has 27 heavy (non-hydrogen) atoms. The molecule has 9 heteroatoms. The summed E-state index contributed by atoms with van der Waals surface area (Å²) in [5.41, 5.74) is 1.23. The maximum Gasteiger partial charge on any atom is 0.200 e. The third-order valence-corrected chi connectivity index (χ3v) is 6.21. The molecule has 146 valence electrons. The van der Waals surface area contributed by atoms with Crippen molar-refractivity contribution in [1.29, 1.82) is 0 Å². The molecule has 0 unspecified atom stereocenters. The Hall–Kier alpha value is -1.77. The zero-order chi connectivity index (χ0) is 19.3. The Morgan fingerprint density at radius 2 is 1.30 bits per heavy atom. The van der Waals surface area contributed by atoms with Gasteiger partial charge in [0.2, 0.25) is 5.82 Å². The van der Waals surface area contributed by atoms with Gasteiger partial charge >= 0.3 is 0 Å². The topological polar surface area (TPSA) is 36.4 Å². The normalized spacial score (nSPS) is 31.5. The molecular formula is C18H18F5N3S. The lowest BCUT2D eigenvalue weighted by atomic mass is 9.53. The van der Waals surface area contributed by atoms with Gasteiger partial charge in [0.1, 0.15) is 0 Å². The van der Waals surface area contributed by atoms with E-state index in [0.29, 0.717) is 24.0 Å². The summed E-state index contributed by atoms with van der Waals surface area (Å²) in [5, 5.41) is 7.02. The summed E-state index contributed by atoms with van der Waals surface area (Å²) in [6.45, 7) is 0. The van der Waals surface area contributed by atoms with E-state index in [0.717, 1.165) is 19.3 Å². The summed E-state index contributed by atoms with van der Waals surface area (Å²) in [4.78, 5) is 0. The number of hydrogen-bond donors (Lipinski definition) is 2. The molecule has 5 rings (SSSR count). The first-order valence-corrected chi connectivity index (χ1v) is 9.31. The predicted molar refractivity (Wildman–Crippen MR) is 93.6 cm³/mol. The molecule has 3 nitrogen and oxygen atoms in total. The third-order valence-electron chi connectivity index (χ3n) is 6.02. The molecule has 1 aromatic rings. The number of halogens is 5. The van der Waals surface area contributed by atoms with Gasteiger partial charge in [-0.05, 0) is 68.5 Å². The van der Waals surface area contributed by atoms with E-state index in [1.807, 2.05) is 0 Å². The Morgan fingerprint density at radius 1 is 0.852 bits per heavy atom. The fourth-order valence-electron chi connectivity index (χ4n) is 5.42. The van der Waals surface area contributed by atoms with Crippen LogP contribution >= 0.6 is 12.2 Å². The molecule has 2 N–H and O–H groups in total. The van der Waals surface area contributed by atoms with Crippen LogP contribution in [0.1, 0.15) is 44.1 Å². The first kappa shape index (κ1) is 18.6. The monoisotopic (exact) mass is 403 g/mol. The molecule has 0 aromatic heterocycles. The highest BCUT2D eigenvalue weighted by Gasteiger charge is 2.51. The third kappa shape index (κ3) is 3.30. The summed E-state index contributed by atoms with van der Waals surface area (Å²) in [6.07, 6.45) is 7.43. The smallest absolute Gasteiger partial charge is 0.200 e. The Morgan fingerprint density at radius 3 is 1.78 bits per heavy atom. The number of hydrazone groups is 1. The quantitative estimate of drug-likeness (QED) is 0.199. The van der Waals surface area contributed by atoms with Crippen molar-refractivity contribution in [3.8, 4) is 0 Å². The molecule has 4 aliphatic rings. The second-order valence-corrected chi connectivity index (χ2v) is 8.41. The Kier molecular flexibility index (Phi) is 4.60. The van der Waals surface area contributed by atoms with Crippen LogP contribution < -0.4 is 10.7 Å². The van der Waals surface area contributed by atoms with Crippen LogP contribution in [0.4, 0.5) is 22.0 Å². The number of rotatable bonds is 3. The van der Waals surface area contributed by atoms with Crippen molar-refractivity contribution < 1.29 is 22.0 Å². The highest BCUT2D eigenvalue weighted by molar-refractivity contribution is 7.80. The van der Waals surface area contributed by atoms with Gasteiger partial charge in [-0.1, -0.05) is 0 Å². The summed E-state index contributed by atoms with van der Waals surface area (Å²) in [5.74, 6) is -7.99. The molecule has 0 atom stereocenters. The van der Waals surface area contributed by atoms with Crippen LogP contribution in [0.25, 0.3) is 0 Å². The molecule has 4 fully saturated rings. The van der Waals surface area contributed by atoms with E-state index in [2.05, 4.69) is 15.8 Å². The van der Waals surface area contributed by atoms with E-state index in [-0.39, 0.29) is 10.7 Å². The van der Waals surface area contributed by atoms with Gasteiger partial charge in [0.15, 0.2) is 28.4 Å². The van der Waals surface area contributed by atoms with Crippen molar-refractivity contribution in [2.24, 2.45) is 22.9 Å². The van der Waals surface area contributed by atoms with Gasteiger partial charge in [-0.15, -0.1) is 0 Å². The molecule has 4 bridgehead atoms. The number of benzene rings is 1. The summed E-state index contributed by atoms with van der Waals surface area (Å²) >= 11 is 5.21. The van der Waals surface area contributed by atoms with E-state index in [9.17, 15) is 22.0 Å². The maximum atomic E-state index is 13.6. The van der Waals surface area contributed by atoms with E-state index < -0.39 is 34.6 Å². The first-order chi connectivity index (χ1) is 12.8. The van der Waals surface area contributed by atoms with E-state index in [1.54, 1.807) is 0 Å². The van der Waals surface area contributed by atoms with Gasteiger partial charge < -0.3 is 5.32 Å². The first-order valence-electron chi connectivity index (χ1n) is 8.90. The molecule has 1 aromatic carbocycles. The van der Waals surface area contributed by atoms with Gasteiger partial charge in [0.25, 0.3) is 0 Å². The van der Waals surface area contributed by atoms with Crippen LogP contribution in [0.3, 0.4) is 0 Å². The van der Waals surface area contributed by atoms with Crippen LogP contribution in [-0.4, -0.2) is 16.9 Å². The largest absolute Gasteiger partial charge is 0.356 e. The molecular weight excluding hydrogens is 385 g/mol. The fourth-order valence-corrected chi connectivity index (χ4v) is 5.69. The van der Waals surface area contributed by atoms with Gasteiger partial charge in [0, 0.05) is 5.54 Å². The molecule has 0 saturated heterocycles. The second-order valence-electron chi connectivity index (χ2n) is 8.01. The lowest BCUT2D eigenvalue weighted by molar-refractivity contribution is -0.0101. The average Bonchev–Trinajstić information content (AvgIpc) is 2.59. The molecule has 4 aliphatic carbocycles. The van der Waals surface area contributed by atoms with E-state index in [1.165, 1.54) is 19.3 Å². The highest BCUT2D eigenvalue weighted by Crippen LogP contribution is 2.55. The van der Waals surface area contributed by atoms with Crippen molar-refractivity contribution in [3.63, 3.8) is 0 Å². The molecule has 0 radical (unpaired) electrons. The van der Waals surface area contributed by atoms with Crippen molar-refractivity contribution in [2.75, 3.05) is 0 Å². The van der Waals surface area contributed by atoms with E-state index >= 15 is 0 Å². The summed E-state index contributed by atoms with van der Waals surface area (Å²) < 4.78 is 66.7. The Balaban J connectivity index is 1.43. The molecule has 0 aliphatic heterocycles. The van der Waals surface area contributed by atoms with Gasteiger partial charge in [-0.2, -0.15) is 5.10 Å². The zero-order valence-corrected chi connectivity index (χ0v) is 15.1. The summed E-state index contributed by atoms with van der Waals surface area (Å²) in [6, 6.07) is 0. The van der Waals surface area contributed by atoms with Crippen molar-refractivity contribution >= 4 is 23.5 Å². The lowest BCUT2D eigenvalue weighted by Gasteiger charge is -2.57.